The topological polar surface area (TPSA) is 106 Å². The number of carbonyl (C=O) groups is 4. The molecular formula is C37H50Cl2N6O5. The highest BCUT2D eigenvalue weighted by atomic mass is 35.5. The highest BCUT2D eigenvalue weighted by molar-refractivity contribution is 6.30. The van der Waals surface area contributed by atoms with E-state index in [0.717, 1.165) is 17.7 Å². The van der Waals surface area contributed by atoms with Gasteiger partial charge in [-0.3, -0.25) is 19.3 Å². The summed E-state index contributed by atoms with van der Waals surface area (Å²) in [6, 6.07) is 15.3. The molecule has 4 fully saturated rings. The minimum atomic E-state index is -0.723. The van der Waals surface area contributed by atoms with Crippen LogP contribution in [0.3, 0.4) is 0 Å². The summed E-state index contributed by atoms with van der Waals surface area (Å²) in [6.07, 6.45) is -0.321. The fourth-order valence-corrected chi connectivity index (χ4v) is 7.14. The second-order valence-electron chi connectivity index (χ2n) is 15.4. The number of amides is 4. The Hall–Kier alpha value is -3.38. The average molecular weight is 730 g/mol. The summed E-state index contributed by atoms with van der Waals surface area (Å²) < 4.78 is 5.50. The van der Waals surface area contributed by atoms with E-state index in [1.165, 1.54) is 0 Å². The van der Waals surface area contributed by atoms with E-state index in [1.807, 2.05) is 75.9 Å². The van der Waals surface area contributed by atoms with E-state index >= 15 is 0 Å². The van der Waals surface area contributed by atoms with Gasteiger partial charge in [0.2, 0.25) is 11.8 Å². The Morgan fingerprint density at radius 2 is 1.28 bits per heavy atom. The van der Waals surface area contributed by atoms with Crippen molar-refractivity contribution in [3.05, 3.63) is 69.7 Å². The lowest BCUT2D eigenvalue weighted by Crippen LogP contribution is -2.80. The summed E-state index contributed by atoms with van der Waals surface area (Å²) >= 11 is 11.9. The third kappa shape index (κ3) is 8.06. The van der Waals surface area contributed by atoms with Crippen LogP contribution in [0, 0.1) is 0 Å². The molecule has 2 aromatic rings. The minimum Gasteiger partial charge on any atom is -0.444 e. The van der Waals surface area contributed by atoms with Gasteiger partial charge in [0.1, 0.15) is 17.7 Å². The van der Waals surface area contributed by atoms with Crippen LogP contribution in [0.5, 0.6) is 0 Å². The Labute approximate surface area is 305 Å². The van der Waals surface area contributed by atoms with E-state index in [0.29, 0.717) is 55.9 Å². The van der Waals surface area contributed by atoms with Crippen LogP contribution >= 0.6 is 23.2 Å². The van der Waals surface area contributed by atoms with Crippen LogP contribution < -0.4 is 5.32 Å². The lowest BCUT2D eigenvalue weighted by molar-refractivity contribution is -0.171. The van der Waals surface area contributed by atoms with Crippen molar-refractivity contribution in [3.63, 3.8) is 0 Å². The maximum absolute atomic E-state index is 13.0. The van der Waals surface area contributed by atoms with Crippen LogP contribution in [0.1, 0.15) is 59.6 Å². The first kappa shape index (κ1) is 37.9. The maximum atomic E-state index is 13.0. The van der Waals surface area contributed by atoms with Crippen LogP contribution in [0.15, 0.2) is 48.5 Å². The molecule has 11 nitrogen and oxygen atoms in total. The second-order valence-corrected chi connectivity index (χ2v) is 16.3. The molecule has 4 heterocycles. The number of rotatable bonds is 6. The van der Waals surface area contributed by atoms with Gasteiger partial charge in [0.25, 0.3) is 5.91 Å². The lowest BCUT2D eigenvalue weighted by atomic mass is 9.84. The summed E-state index contributed by atoms with van der Waals surface area (Å²) in [5, 5.41) is 4.48. The molecule has 4 aliphatic heterocycles. The Kier molecular flexibility index (Phi) is 11.1. The number of likely N-dealkylation sites (tertiary alicyclic amines) is 1. The SMILES string of the molecule is CC(C)N1CC(=O)N(Cc2ccc(Cl)cc2)C2(CN(C(=O)OC(C)(C)C)C2)C1.CC(C)N1CC(=O)N(Cc2ccc(Cl)cc2)C2(CNC2)C1=O. The van der Waals surface area contributed by atoms with Crippen molar-refractivity contribution >= 4 is 47.0 Å². The molecule has 0 atom stereocenters. The number of ether oxygens (including phenoxy) is 1. The van der Waals surface area contributed by atoms with Crippen molar-refractivity contribution in [1.29, 1.82) is 0 Å². The van der Waals surface area contributed by atoms with Crippen molar-refractivity contribution in [1.82, 2.24) is 29.8 Å². The minimum absolute atomic E-state index is 0.00440. The Morgan fingerprint density at radius 3 is 1.72 bits per heavy atom. The smallest absolute Gasteiger partial charge is 0.410 e. The van der Waals surface area contributed by atoms with E-state index in [-0.39, 0.29) is 48.0 Å². The number of benzene rings is 2. The van der Waals surface area contributed by atoms with Gasteiger partial charge in [-0.05, 0) is 83.9 Å². The molecule has 0 aliphatic carbocycles. The van der Waals surface area contributed by atoms with Crippen LogP contribution in [-0.2, 0) is 32.2 Å². The van der Waals surface area contributed by atoms with Gasteiger partial charge in [0, 0.05) is 54.9 Å². The molecule has 4 aliphatic rings. The van der Waals surface area contributed by atoms with Crippen molar-refractivity contribution in [2.45, 2.75) is 90.3 Å². The molecule has 0 radical (unpaired) electrons. The molecule has 2 aromatic carbocycles. The van der Waals surface area contributed by atoms with Gasteiger partial charge in [0.15, 0.2) is 0 Å². The number of nitrogens with zero attached hydrogens (tertiary/aromatic N) is 5. The van der Waals surface area contributed by atoms with Crippen LogP contribution in [0.4, 0.5) is 4.79 Å². The van der Waals surface area contributed by atoms with Gasteiger partial charge >= 0.3 is 6.09 Å². The molecule has 4 saturated heterocycles. The molecule has 2 spiro atoms. The molecule has 13 heteroatoms. The average Bonchev–Trinajstić information content (AvgIpc) is 2.99. The number of hydrogen-bond donors (Lipinski definition) is 1. The van der Waals surface area contributed by atoms with E-state index in [1.54, 1.807) is 26.8 Å². The number of carbonyl (C=O) groups excluding carboxylic acids is 4. The largest absolute Gasteiger partial charge is 0.444 e. The van der Waals surface area contributed by atoms with Crippen LogP contribution in [0.2, 0.25) is 10.0 Å². The first-order chi connectivity index (χ1) is 23.4. The fraction of sp³-hybridized carbons (Fsp3) is 0.568. The zero-order valence-corrected chi connectivity index (χ0v) is 31.7. The number of hydrogen-bond acceptors (Lipinski definition) is 7. The van der Waals surface area contributed by atoms with Crippen LogP contribution in [-0.4, -0.2) is 123 Å². The quantitative estimate of drug-likeness (QED) is 0.462. The van der Waals surface area contributed by atoms with Gasteiger partial charge in [0.05, 0.1) is 25.2 Å². The van der Waals surface area contributed by atoms with Crippen molar-refractivity contribution < 1.29 is 23.9 Å². The summed E-state index contributed by atoms with van der Waals surface area (Å²) in [6.45, 7) is 18.0. The zero-order valence-electron chi connectivity index (χ0n) is 30.2. The number of halogens is 2. The molecule has 0 unspecified atom stereocenters. The van der Waals surface area contributed by atoms with Gasteiger partial charge in [-0.25, -0.2) is 4.79 Å². The molecule has 0 saturated carbocycles. The summed E-state index contributed by atoms with van der Waals surface area (Å²) in [5.41, 5.74) is 0.380. The summed E-state index contributed by atoms with van der Waals surface area (Å²) in [4.78, 5) is 60.1. The third-order valence-corrected chi connectivity index (χ3v) is 10.3. The highest BCUT2D eigenvalue weighted by Gasteiger charge is 2.57. The van der Waals surface area contributed by atoms with E-state index in [4.69, 9.17) is 27.9 Å². The first-order valence-corrected chi connectivity index (χ1v) is 18.0. The predicted octanol–water partition coefficient (Wildman–Crippen LogP) is 4.64. The van der Waals surface area contributed by atoms with Gasteiger partial charge in [-0.2, -0.15) is 0 Å². The molecule has 0 aromatic heterocycles. The van der Waals surface area contributed by atoms with Gasteiger partial charge < -0.3 is 29.7 Å². The van der Waals surface area contributed by atoms with Gasteiger partial charge in [-0.1, -0.05) is 47.5 Å². The van der Waals surface area contributed by atoms with Crippen LogP contribution in [0.25, 0.3) is 0 Å². The van der Waals surface area contributed by atoms with Crippen molar-refractivity contribution in [3.8, 4) is 0 Å². The van der Waals surface area contributed by atoms with E-state index in [9.17, 15) is 19.2 Å². The Morgan fingerprint density at radius 1 is 0.780 bits per heavy atom. The van der Waals surface area contributed by atoms with Gasteiger partial charge in [-0.15, -0.1) is 0 Å². The molecule has 4 amide bonds. The fourth-order valence-electron chi connectivity index (χ4n) is 6.88. The number of nitrogens with one attached hydrogen (secondary N) is 1. The van der Waals surface area contributed by atoms with E-state index < -0.39 is 11.1 Å². The third-order valence-electron chi connectivity index (χ3n) is 9.81. The standard InChI is InChI=1S/C21H30ClN3O3.C16H20ClN3O2/c1-15(2)23-11-18(26)25(10-16-6-8-17(22)9-7-16)21(12-23)13-24(14-21)19(27)28-20(3,4)5;1-11(2)19-8-14(21)20(16(15(19)22)9-18-10-16)7-12-3-5-13(17)6-4-12/h6-9,15H,10-14H2,1-5H3;3-6,11,18H,7-10H2,1-2H3. The Bertz CT molecular complexity index is 1570. The summed E-state index contributed by atoms with van der Waals surface area (Å²) in [7, 11) is 0. The maximum Gasteiger partial charge on any atom is 0.410 e. The molecular weight excluding hydrogens is 679 g/mol. The first-order valence-electron chi connectivity index (χ1n) is 17.3. The van der Waals surface area contributed by atoms with Crippen molar-refractivity contribution in [2.75, 3.05) is 45.8 Å². The zero-order chi connectivity index (χ0) is 36.6. The lowest BCUT2D eigenvalue weighted by Gasteiger charge is -2.59. The normalized spacial score (nSPS) is 20.3. The molecule has 0 bridgehead atoms. The van der Waals surface area contributed by atoms with Crippen molar-refractivity contribution in [2.24, 2.45) is 0 Å². The number of piperazine rings is 2. The highest BCUT2D eigenvalue weighted by Crippen LogP contribution is 2.36. The predicted molar refractivity (Wildman–Crippen MR) is 194 cm³/mol. The second kappa shape index (κ2) is 14.7. The molecule has 6 rings (SSSR count). The summed E-state index contributed by atoms with van der Waals surface area (Å²) in [5.74, 6) is 0.151. The molecule has 50 heavy (non-hydrogen) atoms. The van der Waals surface area contributed by atoms with E-state index in [2.05, 4.69) is 24.1 Å². The molecule has 272 valence electrons. The molecule has 1 N–H and O–H groups in total. The Balaban J connectivity index is 0.000000200. The monoisotopic (exact) mass is 728 g/mol.